The van der Waals surface area contributed by atoms with E-state index in [9.17, 15) is 8.94 Å². The molecule has 98 valence electrons. The molecule has 0 aliphatic rings. The van der Waals surface area contributed by atoms with E-state index in [1.54, 1.807) is 25.1 Å². The molecule has 1 rings (SSSR count). The Morgan fingerprint density at radius 1 is 1.44 bits per heavy atom. The molecule has 1 N–H and O–H groups in total. The van der Waals surface area contributed by atoms with Crippen LogP contribution in [0.3, 0.4) is 0 Å². The van der Waals surface area contributed by atoms with Gasteiger partial charge < -0.3 is 4.55 Å². The van der Waals surface area contributed by atoms with Crippen LogP contribution in [0.25, 0.3) is 0 Å². The summed E-state index contributed by atoms with van der Waals surface area (Å²) in [6, 6.07) is 6.01. The van der Waals surface area contributed by atoms with Gasteiger partial charge in [-0.25, -0.2) is 4.39 Å². The van der Waals surface area contributed by atoms with Crippen molar-refractivity contribution in [2.24, 2.45) is 0 Å². The van der Waals surface area contributed by atoms with Gasteiger partial charge in [-0.3, -0.25) is 0 Å². The molecule has 0 spiro atoms. The van der Waals surface area contributed by atoms with Crippen LogP contribution in [0.15, 0.2) is 18.2 Å². The molecule has 3 nitrogen and oxygen atoms in total. The first-order chi connectivity index (χ1) is 8.27. The van der Waals surface area contributed by atoms with Crippen molar-refractivity contribution in [3.05, 3.63) is 35.1 Å². The van der Waals surface area contributed by atoms with Gasteiger partial charge in [-0.1, -0.05) is 12.1 Å². The van der Waals surface area contributed by atoms with Crippen LogP contribution in [0.2, 0.25) is 0 Å². The van der Waals surface area contributed by atoms with Gasteiger partial charge in [0.25, 0.3) is 0 Å². The maximum Gasteiger partial charge on any atom is 0.145 e. The minimum absolute atomic E-state index is 0.00249. The van der Waals surface area contributed by atoms with Gasteiger partial charge in [0, 0.05) is 16.9 Å². The molecule has 5 heteroatoms. The SMILES string of the molecule is C[C@@H](N[S@+]([O-])C(C)(C)C)c1cccc(C#N)c1F. The fourth-order valence-electron chi connectivity index (χ4n) is 1.37. The summed E-state index contributed by atoms with van der Waals surface area (Å²) in [7, 11) is 0. The number of benzene rings is 1. The zero-order chi connectivity index (χ0) is 13.9. The van der Waals surface area contributed by atoms with Crippen LogP contribution in [-0.4, -0.2) is 9.30 Å². The Morgan fingerprint density at radius 3 is 2.56 bits per heavy atom. The second-order valence-corrected chi connectivity index (χ2v) is 7.04. The third-order valence-corrected chi connectivity index (χ3v) is 4.14. The molecule has 0 saturated carbocycles. The lowest BCUT2D eigenvalue weighted by molar-refractivity contribution is 0.522. The summed E-state index contributed by atoms with van der Waals surface area (Å²) in [5, 5.41) is 8.77. The van der Waals surface area contributed by atoms with E-state index in [2.05, 4.69) is 4.72 Å². The van der Waals surface area contributed by atoms with Crippen LogP contribution in [0.5, 0.6) is 0 Å². The average molecular weight is 268 g/mol. The summed E-state index contributed by atoms with van der Waals surface area (Å²) in [5.41, 5.74) is 0.356. The molecule has 2 atom stereocenters. The van der Waals surface area contributed by atoms with Crippen molar-refractivity contribution in [3.63, 3.8) is 0 Å². The van der Waals surface area contributed by atoms with Crippen LogP contribution >= 0.6 is 0 Å². The predicted octanol–water partition coefficient (Wildman–Crippen LogP) is 2.81. The third kappa shape index (κ3) is 3.45. The number of rotatable bonds is 3. The molecule has 0 aliphatic carbocycles. The average Bonchev–Trinajstić information content (AvgIpc) is 2.27. The van der Waals surface area contributed by atoms with Gasteiger partial charge in [0.05, 0.1) is 11.6 Å². The molecular weight excluding hydrogens is 251 g/mol. The van der Waals surface area contributed by atoms with Crippen molar-refractivity contribution in [3.8, 4) is 6.07 Å². The van der Waals surface area contributed by atoms with E-state index in [1.807, 2.05) is 20.8 Å². The lowest BCUT2D eigenvalue weighted by Gasteiger charge is -2.26. The lowest BCUT2D eigenvalue weighted by atomic mass is 10.1. The molecule has 0 bridgehead atoms. The van der Waals surface area contributed by atoms with Crippen molar-refractivity contribution in [2.45, 2.75) is 38.5 Å². The highest BCUT2D eigenvalue weighted by molar-refractivity contribution is 7.90. The van der Waals surface area contributed by atoms with Crippen LogP contribution in [0.4, 0.5) is 4.39 Å². The zero-order valence-corrected chi connectivity index (χ0v) is 11.8. The Balaban J connectivity index is 2.92. The minimum atomic E-state index is -1.28. The summed E-state index contributed by atoms with van der Waals surface area (Å²) in [6.07, 6.45) is 0. The van der Waals surface area contributed by atoms with Gasteiger partial charge in [-0.15, -0.1) is 4.72 Å². The van der Waals surface area contributed by atoms with E-state index >= 15 is 0 Å². The Kier molecular flexibility index (Phi) is 4.74. The molecule has 0 fully saturated rings. The summed E-state index contributed by atoms with van der Waals surface area (Å²) in [6.45, 7) is 7.24. The molecule has 0 aliphatic heterocycles. The first-order valence-corrected chi connectivity index (χ1v) is 6.79. The highest BCUT2D eigenvalue weighted by atomic mass is 32.2. The molecule has 1 aromatic rings. The van der Waals surface area contributed by atoms with Crippen LogP contribution < -0.4 is 4.72 Å². The molecule has 0 radical (unpaired) electrons. The second kappa shape index (κ2) is 5.70. The quantitative estimate of drug-likeness (QED) is 0.857. The molecule has 0 heterocycles. The summed E-state index contributed by atoms with van der Waals surface area (Å²) < 4.78 is 28.3. The Morgan fingerprint density at radius 2 is 2.06 bits per heavy atom. The largest absolute Gasteiger partial charge is 0.598 e. The van der Waals surface area contributed by atoms with Gasteiger partial charge >= 0.3 is 0 Å². The number of hydrogen-bond donors (Lipinski definition) is 1. The molecule has 0 amide bonds. The topological polar surface area (TPSA) is 58.9 Å². The van der Waals surface area contributed by atoms with E-state index in [-0.39, 0.29) is 5.56 Å². The Hall–Kier alpha value is -1.09. The van der Waals surface area contributed by atoms with E-state index < -0.39 is 28.0 Å². The van der Waals surface area contributed by atoms with Crippen LogP contribution in [0, 0.1) is 17.1 Å². The van der Waals surface area contributed by atoms with Crippen LogP contribution in [0.1, 0.15) is 44.9 Å². The fourth-order valence-corrected chi connectivity index (χ4v) is 2.17. The monoisotopic (exact) mass is 268 g/mol. The Labute approximate surface area is 110 Å². The van der Waals surface area contributed by atoms with E-state index in [4.69, 9.17) is 5.26 Å². The van der Waals surface area contributed by atoms with Gasteiger partial charge in [-0.2, -0.15) is 5.26 Å². The maximum atomic E-state index is 13.9. The predicted molar refractivity (Wildman–Crippen MR) is 70.6 cm³/mol. The first-order valence-electron chi connectivity index (χ1n) is 5.64. The van der Waals surface area contributed by atoms with Crippen molar-refractivity contribution < 1.29 is 8.94 Å². The van der Waals surface area contributed by atoms with E-state index in [1.165, 1.54) is 6.07 Å². The molecular formula is C13H17FN2OS. The standard InChI is InChI=1S/C13H17FN2OS/c1-9(16-18(17)13(2,3)4)11-7-5-6-10(8-15)12(11)14/h5-7,9,16H,1-4H3/t9-,18-/m1/s1. The van der Waals surface area contributed by atoms with Crippen molar-refractivity contribution in [1.82, 2.24) is 4.72 Å². The number of hydrogen-bond acceptors (Lipinski definition) is 3. The maximum absolute atomic E-state index is 13.9. The minimum Gasteiger partial charge on any atom is -0.598 e. The molecule has 1 aromatic carbocycles. The molecule has 0 saturated heterocycles. The first kappa shape index (κ1) is 15.0. The fraction of sp³-hybridized carbons (Fsp3) is 0.462. The summed E-state index contributed by atoms with van der Waals surface area (Å²) >= 11 is -1.28. The zero-order valence-electron chi connectivity index (χ0n) is 11.0. The van der Waals surface area contributed by atoms with Gasteiger partial charge in [0.15, 0.2) is 0 Å². The van der Waals surface area contributed by atoms with Crippen molar-refractivity contribution in [1.29, 1.82) is 5.26 Å². The smallest absolute Gasteiger partial charge is 0.145 e. The molecule has 18 heavy (non-hydrogen) atoms. The Bertz CT molecular complexity index is 465. The highest BCUT2D eigenvalue weighted by Gasteiger charge is 2.29. The van der Waals surface area contributed by atoms with E-state index in [0.29, 0.717) is 5.56 Å². The van der Waals surface area contributed by atoms with Crippen molar-refractivity contribution in [2.75, 3.05) is 0 Å². The number of nitrogens with zero attached hydrogens (tertiary/aromatic N) is 1. The van der Waals surface area contributed by atoms with Gasteiger partial charge in [-0.05, 0) is 33.8 Å². The molecule has 0 unspecified atom stereocenters. The highest BCUT2D eigenvalue weighted by Crippen LogP contribution is 2.23. The van der Waals surface area contributed by atoms with Crippen molar-refractivity contribution >= 4 is 11.4 Å². The number of halogens is 1. The summed E-state index contributed by atoms with van der Waals surface area (Å²) in [4.78, 5) is 0. The third-order valence-electron chi connectivity index (χ3n) is 2.46. The lowest BCUT2D eigenvalue weighted by Crippen LogP contribution is -2.40. The number of nitrogens with one attached hydrogen (secondary N) is 1. The van der Waals surface area contributed by atoms with Gasteiger partial charge in [0.1, 0.15) is 16.6 Å². The normalized spacial score (nSPS) is 14.9. The second-order valence-electron chi connectivity index (χ2n) is 5.04. The number of nitriles is 1. The van der Waals surface area contributed by atoms with Crippen LogP contribution in [-0.2, 0) is 11.4 Å². The summed E-state index contributed by atoms with van der Waals surface area (Å²) in [5.74, 6) is -0.550. The van der Waals surface area contributed by atoms with Gasteiger partial charge in [0.2, 0.25) is 0 Å². The van der Waals surface area contributed by atoms with E-state index in [0.717, 1.165) is 0 Å². The molecule has 0 aromatic heterocycles.